The lowest BCUT2D eigenvalue weighted by Crippen LogP contribution is -1.97. The molecule has 2 aromatic heterocycles. The Hall–Kier alpha value is -1.34. The Morgan fingerprint density at radius 1 is 1.67 bits per heavy atom. The standard InChI is InChI=1S/C8H6N2O3S2/c11-7(12)6-5(1-2-13-6)3-14-8-10-9-4-15-8/h1-2,4H,3H2,(H,11,12). The third-order valence-corrected chi connectivity index (χ3v) is 3.54. The molecule has 2 rings (SSSR count). The second-order valence-electron chi connectivity index (χ2n) is 2.57. The number of carboxylic acid groups (broad SMARTS) is 1. The maximum Gasteiger partial charge on any atom is 0.372 e. The van der Waals surface area contributed by atoms with Crippen molar-refractivity contribution in [3.8, 4) is 0 Å². The van der Waals surface area contributed by atoms with E-state index in [9.17, 15) is 4.79 Å². The molecule has 2 heterocycles. The lowest BCUT2D eigenvalue weighted by molar-refractivity contribution is 0.0661. The van der Waals surface area contributed by atoms with Crippen LogP contribution in [-0.4, -0.2) is 21.3 Å². The molecule has 0 unspecified atom stereocenters. The predicted octanol–water partition coefficient (Wildman–Crippen LogP) is 2.12. The number of nitrogens with zero attached hydrogens (tertiary/aromatic N) is 2. The number of hydrogen-bond donors (Lipinski definition) is 1. The molecule has 0 aliphatic heterocycles. The van der Waals surface area contributed by atoms with E-state index in [1.807, 2.05) is 0 Å². The monoisotopic (exact) mass is 242 g/mol. The minimum absolute atomic E-state index is 0.00739. The summed E-state index contributed by atoms with van der Waals surface area (Å²) in [4.78, 5) is 10.7. The molecule has 0 atom stereocenters. The average molecular weight is 242 g/mol. The Bertz CT molecular complexity index is 452. The van der Waals surface area contributed by atoms with Crippen molar-refractivity contribution in [2.24, 2.45) is 0 Å². The third-order valence-electron chi connectivity index (χ3n) is 1.63. The van der Waals surface area contributed by atoms with Crippen LogP contribution in [0.4, 0.5) is 0 Å². The summed E-state index contributed by atoms with van der Waals surface area (Å²) in [6.07, 6.45) is 1.37. The fraction of sp³-hybridized carbons (Fsp3) is 0.125. The van der Waals surface area contributed by atoms with Gasteiger partial charge in [-0.15, -0.1) is 10.2 Å². The first-order chi connectivity index (χ1) is 7.27. The normalized spacial score (nSPS) is 10.4. The molecule has 0 spiro atoms. The van der Waals surface area contributed by atoms with Crippen LogP contribution >= 0.6 is 23.1 Å². The number of aromatic nitrogens is 2. The van der Waals surface area contributed by atoms with Gasteiger partial charge in [0.25, 0.3) is 0 Å². The first kappa shape index (κ1) is 10.2. The highest BCUT2D eigenvalue weighted by molar-refractivity contribution is 8.00. The molecule has 0 saturated carbocycles. The summed E-state index contributed by atoms with van der Waals surface area (Å²) >= 11 is 2.86. The molecule has 78 valence electrons. The van der Waals surface area contributed by atoms with Crippen molar-refractivity contribution < 1.29 is 14.3 Å². The summed E-state index contributed by atoms with van der Waals surface area (Å²) in [6, 6.07) is 1.65. The highest BCUT2D eigenvalue weighted by Gasteiger charge is 2.14. The van der Waals surface area contributed by atoms with Crippen LogP contribution in [0.2, 0.25) is 0 Å². The number of carboxylic acids is 1. The molecule has 5 nitrogen and oxygen atoms in total. The van der Waals surface area contributed by atoms with Crippen molar-refractivity contribution in [3.63, 3.8) is 0 Å². The average Bonchev–Trinajstić information content (AvgIpc) is 2.86. The zero-order valence-corrected chi connectivity index (χ0v) is 9.05. The van der Waals surface area contributed by atoms with Gasteiger partial charge in [-0.3, -0.25) is 0 Å². The van der Waals surface area contributed by atoms with Gasteiger partial charge in [0, 0.05) is 11.3 Å². The van der Waals surface area contributed by atoms with Crippen molar-refractivity contribution in [1.29, 1.82) is 0 Å². The molecule has 7 heteroatoms. The summed E-state index contributed by atoms with van der Waals surface area (Å²) in [5.41, 5.74) is 2.29. The van der Waals surface area contributed by atoms with Crippen LogP contribution < -0.4 is 0 Å². The van der Waals surface area contributed by atoms with Crippen molar-refractivity contribution in [2.75, 3.05) is 0 Å². The van der Waals surface area contributed by atoms with E-state index in [4.69, 9.17) is 9.52 Å². The number of aromatic carboxylic acids is 1. The smallest absolute Gasteiger partial charge is 0.372 e. The minimum Gasteiger partial charge on any atom is -0.475 e. The van der Waals surface area contributed by atoms with E-state index in [0.717, 1.165) is 4.34 Å². The third kappa shape index (κ3) is 2.37. The van der Waals surface area contributed by atoms with Crippen LogP contribution in [0.1, 0.15) is 16.1 Å². The summed E-state index contributed by atoms with van der Waals surface area (Å²) in [5, 5.41) is 16.3. The molecule has 2 aromatic rings. The van der Waals surface area contributed by atoms with Crippen LogP contribution in [0.25, 0.3) is 0 Å². The van der Waals surface area contributed by atoms with Gasteiger partial charge in [0.2, 0.25) is 5.76 Å². The van der Waals surface area contributed by atoms with E-state index in [1.54, 1.807) is 11.6 Å². The predicted molar refractivity (Wildman–Crippen MR) is 55.1 cm³/mol. The Kier molecular flexibility index (Phi) is 3.02. The number of hydrogen-bond acceptors (Lipinski definition) is 6. The van der Waals surface area contributed by atoms with Gasteiger partial charge in [0.1, 0.15) is 5.51 Å². The summed E-state index contributed by atoms with van der Waals surface area (Å²) in [7, 11) is 0. The molecule has 0 fully saturated rings. The number of thioether (sulfide) groups is 1. The fourth-order valence-corrected chi connectivity index (χ4v) is 2.47. The van der Waals surface area contributed by atoms with Gasteiger partial charge in [-0.2, -0.15) is 0 Å². The van der Waals surface area contributed by atoms with Gasteiger partial charge >= 0.3 is 5.97 Å². The van der Waals surface area contributed by atoms with Crippen LogP contribution in [-0.2, 0) is 5.75 Å². The highest BCUT2D eigenvalue weighted by Crippen LogP contribution is 2.25. The van der Waals surface area contributed by atoms with E-state index in [1.165, 1.54) is 29.4 Å². The van der Waals surface area contributed by atoms with Gasteiger partial charge in [-0.1, -0.05) is 23.1 Å². The molecule has 0 aromatic carbocycles. The maximum absolute atomic E-state index is 10.7. The molecule has 0 aliphatic rings. The molecule has 0 amide bonds. The van der Waals surface area contributed by atoms with Gasteiger partial charge in [0.05, 0.1) is 6.26 Å². The van der Waals surface area contributed by atoms with Crippen molar-refractivity contribution >= 4 is 29.1 Å². The molecular formula is C8H6N2O3S2. The fourth-order valence-electron chi connectivity index (χ4n) is 1.00. The molecule has 0 saturated heterocycles. The molecule has 1 N–H and O–H groups in total. The number of rotatable bonds is 4. The van der Waals surface area contributed by atoms with Crippen molar-refractivity contribution in [2.45, 2.75) is 10.1 Å². The SMILES string of the molecule is O=C(O)c1occc1CSc1nncs1. The molecule has 0 radical (unpaired) electrons. The van der Waals surface area contributed by atoms with Gasteiger partial charge in [-0.05, 0) is 6.07 Å². The van der Waals surface area contributed by atoms with Crippen LogP contribution in [0, 0.1) is 0 Å². The topological polar surface area (TPSA) is 76.2 Å². The Balaban J connectivity index is 2.05. The first-order valence-electron chi connectivity index (χ1n) is 3.96. The summed E-state index contributed by atoms with van der Waals surface area (Å²) in [5.74, 6) is -0.535. The summed E-state index contributed by atoms with van der Waals surface area (Å²) < 4.78 is 5.66. The Labute approximate surface area is 93.1 Å². The molecule has 0 bridgehead atoms. The first-order valence-corrected chi connectivity index (χ1v) is 5.82. The molecular weight excluding hydrogens is 236 g/mol. The van der Waals surface area contributed by atoms with E-state index in [2.05, 4.69) is 10.2 Å². The van der Waals surface area contributed by atoms with Crippen LogP contribution in [0.5, 0.6) is 0 Å². The van der Waals surface area contributed by atoms with Gasteiger partial charge in [0.15, 0.2) is 4.34 Å². The number of carbonyl (C=O) groups is 1. The Morgan fingerprint density at radius 2 is 2.53 bits per heavy atom. The van der Waals surface area contributed by atoms with Crippen LogP contribution in [0.3, 0.4) is 0 Å². The second kappa shape index (κ2) is 4.45. The second-order valence-corrected chi connectivity index (χ2v) is 4.63. The van der Waals surface area contributed by atoms with Gasteiger partial charge in [-0.25, -0.2) is 4.79 Å². The largest absolute Gasteiger partial charge is 0.475 e. The Morgan fingerprint density at radius 3 is 3.20 bits per heavy atom. The van der Waals surface area contributed by atoms with E-state index in [0.29, 0.717) is 11.3 Å². The maximum atomic E-state index is 10.7. The molecule has 0 aliphatic carbocycles. The van der Waals surface area contributed by atoms with E-state index >= 15 is 0 Å². The number of furan rings is 1. The van der Waals surface area contributed by atoms with Crippen molar-refractivity contribution in [3.05, 3.63) is 29.2 Å². The zero-order valence-electron chi connectivity index (χ0n) is 7.41. The lowest BCUT2D eigenvalue weighted by Gasteiger charge is -1.95. The highest BCUT2D eigenvalue weighted by atomic mass is 32.2. The zero-order chi connectivity index (χ0) is 10.7. The molecule has 15 heavy (non-hydrogen) atoms. The lowest BCUT2D eigenvalue weighted by atomic mass is 10.3. The van der Waals surface area contributed by atoms with E-state index < -0.39 is 5.97 Å². The summed E-state index contributed by atoms with van der Waals surface area (Å²) in [6.45, 7) is 0. The quantitative estimate of drug-likeness (QED) is 0.827. The van der Waals surface area contributed by atoms with Crippen LogP contribution in [0.15, 0.2) is 26.6 Å². The van der Waals surface area contributed by atoms with E-state index in [-0.39, 0.29) is 5.76 Å². The van der Waals surface area contributed by atoms with Gasteiger partial charge < -0.3 is 9.52 Å². The minimum atomic E-state index is -1.05. The van der Waals surface area contributed by atoms with Crippen molar-refractivity contribution in [1.82, 2.24) is 10.2 Å².